The van der Waals surface area contributed by atoms with Gasteiger partial charge in [0, 0.05) is 45.4 Å². The summed E-state index contributed by atoms with van der Waals surface area (Å²) < 4.78 is 10.9. The summed E-state index contributed by atoms with van der Waals surface area (Å²) in [5.74, 6) is 1.56. The molecule has 0 radical (unpaired) electrons. The first-order chi connectivity index (χ1) is 14.9. The fraction of sp³-hybridized carbons (Fsp3) is 0.417. The molecule has 168 valence electrons. The van der Waals surface area contributed by atoms with E-state index in [4.69, 9.17) is 9.47 Å². The number of hydrogen-bond acceptors (Lipinski definition) is 4. The van der Waals surface area contributed by atoms with Gasteiger partial charge in [0.2, 0.25) is 0 Å². The Morgan fingerprint density at radius 2 is 1.81 bits per heavy atom. The number of methoxy groups -OCH3 is 1. The van der Waals surface area contributed by atoms with Crippen molar-refractivity contribution in [2.45, 2.75) is 26.9 Å². The van der Waals surface area contributed by atoms with E-state index in [0.717, 1.165) is 34.9 Å². The number of guanidine groups is 1. The minimum atomic E-state index is -0.00771. The molecule has 0 heterocycles. The summed E-state index contributed by atoms with van der Waals surface area (Å²) in [6.07, 6.45) is 0. The second kappa shape index (κ2) is 12.6. The van der Waals surface area contributed by atoms with E-state index < -0.39 is 0 Å². The van der Waals surface area contributed by atoms with Crippen LogP contribution in [0.25, 0.3) is 0 Å². The molecule has 0 saturated carbocycles. The zero-order valence-electron chi connectivity index (χ0n) is 19.2. The van der Waals surface area contributed by atoms with Crippen LogP contribution in [0.5, 0.6) is 5.75 Å². The molecule has 7 nitrogen and oxygen atoms in total. The first-order valence-corrected chi connectivity index (χ1v) is 10.5. The third-order valence-electron chi connectivity index (χ3n) is 4.59. The van der Waals surface area contributed by atoms with Gasteiger partial charge in [-0.3, -0.25) is 4.79 Å². The number of benzene rings is 2. The molecular weight excluding hydrogens is 392 g/mol. The van der Waals surface area contributed by atoms with Crippen LogP contribution in [0.3, 0.4) is 0 Å². The molecule has 0 aromatic heterocycles. The predicted octanol–water partition coefficient (Wildman–Crippen LogP) is 2.98. The molecule has 0 saturated heterocycles. The van der Waals surface area contributed by atoms with Crippen molar-refractivity contribution in [2.75, 3.05) is 41.0 Å². The summed E-state index contributed by atoms with van der Waals surface area (Å²) in [5.41, 5.74) is 3.90. The summed E-state index contributed by atoms with van der Waals surface area (Å²) >= 11 is 0. The Hall–Kier alpha value is -3.06. The van der Waals surface area contributed by atoms with Crippen molar-refractivity contribution in [1.82, 2.24) is 15.5 Å². The largest absolute Gasteiger partial charge is 0.491 e. The maximum Gasteiger partial charge on any atom is 0.253 e. The molecule has 0 unspecified atom stereocenters. The van der Waals surface area contributed by atoms with Crippen LogP contribution in [0.1, 0.15) is 34.0 Å². The minimum Gasteiger partial charge on any atom is -0.491 e. The molecule has 0 aliphatic rings. The van der Waals surface area contributed by atoms with Crippen molar-refractivity contribution >= 4 is 11.9 Å². The molecule has 0 atom stereocenters. The maximum absolute atomic E-state index is 12.0. The quantitative estimate of drug-likeness (QED) is 0.347. The average molecular weight is 427 g/mol. The molecule has 2 N–H and O–H groups in total. The smallest absolute Gasteiger partial charge is 0.253 e. The van der Waals surface area contributed by atoms with Gasteiger partial charge in [-0.25, -0.2) is 4.99 Å². The highest BCUT2D eigenvalue weighted by atomic mass is 16.5. The lowest BCUT2D eigenvalue weighted by atomic mass is 10.1. The Bertz CT molecular complexity index is 864. The Balaban J connectivity index is 2.03. The number of hydrogen-bond donors (Lipinski definition) is 2. The topological polar surface area (TPSA) is 75.2 Å². The zero-order valence-corrected chi connectivity index (χ0v) is 19.2. The number of aliphatic imine (C=N–C) groups is 1. The highest BCUT2D eigenvalue weighted by Crippen LogP contribution is 2.20. The lowest BCUT2D eigenvalue weighted by Gasteiger charge is -2.15. The fourth-order valence-corrected chi connectivity index (χ4v) is 2.88. The third-order valence-corrected chi connectivity index (χ3v) is 4.59. The maximum atomic E-state index is 12.0. The number of carbonyl (C=O) groups excluding carboxylic acids is 1. The van der Waals surface area contributed by atoms with Crippen molar-refractivity contribution in [3.8, 4) is 5.75 Å². The van der Waals surface area contributed by atoms with Crippen LogP contribution in [-0.2, 0) is 17.8 Å². The molecule has 0 fully saturated rings. The van der Waals surface area contributed by atoms with Crippen molar-refractivity contribution in [2.24, 2.45) is 4.99 Å². The summed E-state index contributed by atoms with van der Waals surface area (Å²) in [4.78, 5) is 18.3. The van der Waals surface area contributed by atoms with Crippen LogP contribution >= 0.6 is 0 Å². The van der Waals surface area contributed by atoms with Gasteiger partial charge in [-0.2, -0.15) is 0 Å². The van der Waals surface area contributed by atoms with E-state index in [1.165, 1.54) is 0 Å². The van der Waals surface area contributed by atoms with Gasteiger partial charge >= 0.3 is 0 Å². The lowest BCUT2D eigenvalue weighted by molar-refractivity contribution is 0.0827. The number of nitrogens with zero attached hydrogens (tertiary/aromatic N) is 2. The lowest BCUT2D eigenvalue weighted by Crippen LogP contribution is -2.36. The van der Waals surface area contributed by atoms with Crippen LogP contribution in [0, 0.1) is 6.92 Å². The second-order valence-corrected chi connectivity index (χ2v) is 7.40. The molecule has 0 bridgehead atoms. The molecule has 2 aromatic carbocycles. The van der Waals surface area contributed by atoms with E-state index in [1.807, 2.05) is 44.2 Å². The molecule has 0 aliphatic carbocycles. The van der Waals surface area contributed by atoms with Gasteiger partial charge in [0.05, 0.1) is 13.2 Å². The van der Waals surface area contributed by atoms with Crippen LogP contribution < -0.4 is 15.4 Å². The Morgan fingerprint density at radius 3 is 2.45 bits per heavy atom. The van der Waals surface area contributed by atoms with Gasteiger partial charge in [-0.15, -0.1) is 0 Å². The van der Waals surface area contributed by atoms with Crippen molar-refractivity contribution < 1.29 is 14.3 Å². The van der Waals surface area contributed by atoms with Gasteiger partial charge in [-0.1, -0.05) is 24.3 Å². The van der Waals surface area contributed by atoms with E-state index in [2.05, 4.69) is 27.8 Å². The minimum absolute atomic E-state index is 0.00771. The average Bonchev–Trinajstić information content (AvgIpc) is 2.76. The molecule has 1 amide bonds. The van der Waals surface area contributed by atoms with Crippen molar-refractivity contribution in [3.05, 3.63) is 64.7 Å². The Morgan fingerprint density at radius 1 is 1.06 bits per heavy atom. The van der Waals surface area contributed by atoms with Crippen molar-refractivity contribution in [1.29, 1.82) is 0 Å². The summed E-state index contributed by atoms with van der Waals surface area (Å²) in [7, 11) is 5.16. The molecule has 31 heavy (non-hydrogen) atoms. The molecule has 7 heteroatoms. The van der Waals surface area contributed by atoms with Gasteiger partial charge < -0.3 is 25.0 Å². The van der Waals surface area contributed by atoms with E-state index in [-0.39, 0.29) is 5.91 Å². The van der Waals surface area contributed by atoms with E-state index in [0.29, 0.717) is 31.9 Å². The first-order valence-electron chi connectivity index (χ1n) is 10.5. The number of aryl methyl sites for hydroxylation is 1. The highest BCUT2D eigenvalue weighted by Gasteiger charge is 2.08. The monoisotopic (exact) mass is 426 g/mol. The summed E-state index contributed by atoms with van der Waals surface area (Å²) in [6, 6.07) is 13.7. The molecule has 0 aliphatic heterocycles. The van der Waals surface area contributed by atoms with Crippen molar-refractivity contribution in [3.63, 3.8) is 0 Å². The standard InChI is InChI=1S/C24H34N4O3/c1-6-25-24(26-16-19-8-11-20(12-9-19)23(29)28(3)4)27-17-21-10-7-18(2)15-22(21)31-14-13-30-5/h7-12,15H,6,13-14,16-17H2,1-5H3,(H2,25,26,27). The van der Waals surface area contributed by atoms with E-state index in [9.17, 15) is 4.79 Å². The Labute approximate surface area is 185 Å². The number of rotatable bonds is 10. The number of ether oxygens (including phenoxy) is 2. The molecule has 2 aromatic rings. The molecule has 2 rings (SSSR count). The number of carbonyl (C=O) groups is 1. The van der Waals surface area contributed by atoms with Crippen LogP contribution in [-0.4, -0.2) is 57.7 Å². The van der Waals surface area contributed by atoms with Crippen LogP contribution in [0.4, 0.5) is 0 Å². The zero-order chi connectivity index (χ0) is 22.6. The third kappa shape index (κ3) is 7.94. The van der Waals surface area contributed by atoms with Crippen LogP contribution in [0.15, 0.2) is 47.5 Å². The summed E-state index contributed by atoms with van der Waals surface area (Å²) in [5, 5.41) is 6.64. The Kier molecular flexibility index (Phi) is 9.84. The van der Waals surface area contributed by atoms with Gasteiger partial charge in [0.15, 0.2) is 5.96 Å². The molecule has 0 spiro atoms. The highest BCUT2D eigenvalue weighted by molar-refractivity contribution is 5.93. The second-order valence-electron chi connectivity index (χ2n) is 7.40. The fourth-order valence-electron chi connectivity index (χ4n) is 2.88. The van der Waals surface area contributed by atoms with Gasteiger partial charge in [-0.05, 0) is 43.2 Å². The molecular formula is C24H34N4O3. The normalized spacial score (nSPS) is 11.2. The SMILES string of the molecule is CCNC(=NCc1ccc(C(=O)N(C)C)cc1)NCc1ccc(C)cc1OCCOC. The predicted molar refractivity (Wildman–Crippen MR) is 125 cm³/mol. The summed E-state index contributed by atoms with van der Waals surface area (Å²) in [6.45, 7) is 6.99. The first kappa shape index (κ1) is 24.2. The van der Waals surface area contributed by atoms with Gasteiger partial charge in [0.1, 0.15) is 12.4 Å². The van der Waals surface area contributed by atoms with Crippen LogP contribution in [0.2, 0.25) is 0 Å². The van der Waals surface area contributed by atoms with Gasteiger partial charge in [0.25, 0.3) is 5.91 Å². The van der Waals surface area contributed by atoms with E-state index in [1.54, 1.807) is 26.1 Å². The van der Waals surface area contributed by atoms with E-state index >= 15 is 0 Å². The number of nitrogens with one attached hydrogen (secondary N) is 2. The number of amides is 1.